The molecular formula is C21H29N3O2. The number of carbonyl (C=O) groups excluding carboxylic acids is 1. The summed E-state index contributed by atoms with van der Waals surface area (Å²) in [7, 11) is 0. The fraction of sp³-hybridized carbons (Fsp3) is 0.524. The van der Waals surface area contributed by atoms with E-state index in [1.54, 1.807) is 0 Å². The van der Waals surface area contributed by atoms with Crippen molar-refractivity contribution in [3.8, 4) is 11.3 Å². The quantitative estimate of drug-likeness (QED) is 0.858. The van der Waals surface area contributed by atoms with Crippen molar-refractivity contribution < 1.29 is 9.53 Å². The summed E-state index contributed by atoms with van der Waals surface area (Å²) in [5, 5.41) is 2.96. The van der Waals surface area contributed by atoms with E-state index in [4.69, 9.17) is 9.72 Å². The van der Waals surface area contributed by atoms with Crippen LogP contribution in [0.1, 0.15) is 51.6 Å². The average molecular weight is 355 g/mol. The second-order valence-corrected chi connectivity index (χ2v) is 7.54. The summed E-state index contributed by atoms with van der Waals surface area (Å²) < 4.78 is 8.13. The summed E-state index contributed by atoms with van der Waals surface area (Å²) in [4.78, 5) is 16.3. The molecule has 1 aromatic heterocycles. The second-order valence-electron chi connectivity index (χ2n) is 7.54. The first-order valence-corrected chi connectivity index (χ1v) is 9.51. The first-order chi connectivity index (χ1) is 12.5. The number of rotatable bonds is 6. The lowest BCUT2D eigenvalue weighted by Crippen LogP contribution is -2.34. The number of nitrogens with one attached hydrogen (secondary N) is 1. The molecule has 0 spiro atoms. The molecule has 1 N–H and O–H groups in total. The molecule has 1 atom stereocenters. The minimum atomic E-state index is -0.123. The maximum atomic E-state index is 11.5. The Morgan fingerprint density at radius 2 is 2.12 bits per heavy atom. The molecule has 1 unspecified atom stereocenters. The Balaban J connectivity index is 1.89. The Bertz CT molecular complexity index is 737. The summed E-state index contributed by atoms with van der Waals surface area (Å²) >= 11 is 0. The molecule has 1 aliphatic rings. The molecule has 2 heterocycles. The molecule has 1 saturated heterocycles. The Hall–Kier alpha value is -2.14. The molecule has 0 radical (unpaired) electrons. The van der Waals surface area contributed by atoms with Crippen molar-refractivity contribution in [2.45, 2.75) is 58.1 Å². The van der Waals surface area contributed by atoms with E-state index in [2.05, 4.69) is 35.9 Å². The first kappa shape index (κ1) is 18.6. The van der Waals surface area contributed by atoms with Gasteiger partial charge >= 0.3 is 0 Å². The Kier molecular flexibility index (Phi) is 5.77. The van der Waals surface area contributed by atoms with Gasteiger partial charge in [-0.2, -0.15) is 0 Å². The third-order valence-corrected chi connectivity index (χ3v) is 5.01. The van der Waals surface area contributed by atoms with Crippen molar-refractivity contribution in [3.63, 3.8) is 0 Å². The van der Waals surface area contributed by atoms with Crippen LogP contribution in [0.15, 0.2) is 36.7 Å². The van der Waals surface area contributed by atoms with Crippen molar-refractivity contribution in [1.82, 2.24) is 14.9 Å². The van der Waals surface area contributed by atoms with Gasteiger partial charge in [0, 0.05) is 43.3 Å². The topological polar surface area (TPSA) is 56.2 Å². The first-order valence-electron chi connectivity index (χ1n) is 9.51. The Morgan fingerprint density at radius 1 is 1.35 bits per heavy atom. The number of benzene rings is 1. The number of aromatic nitrogens is 2. The van der Waals surface area contributed by atoms with E-state index in [9.17, 15) is 4.79 Å². The number of ether oxygens (including phenoxy) is 1. The van der Waals surface area contributed by atoms with Gasteiger partial charge in [-0.25, -0.2) is 4.98 Å². The predicted molar refractivity (Wildman–Crippen MR) is 103 cm³/mol. The highest BCUT2D eigenvalue weighted by atomic mass is 16.5. The van der Waals surface area contributed by atoms with Crippen molar-refractivity contribution >= 4 is 5.91 Å². The minimum Gasteiger partial charge on any atom is -0.376 e. The van der Waals surface area contributed by atoms with Crippen molar-refractivity contribution in [2.75, 3.05) is 13.2 Å². The Morgan fingerprint density at radius 3 is 2.81 bits per heavy atom. The molecule has 1 aromatic carbocycles. The van der Waals surface area contributed by atoms with Crippen molar-refractivity contribution in [2.24, 2.45) is 0 Å². The molecule has 1 fully saturated rings. The maximum absolute atomic E-state index is 11.5. The zero-order valence-corrected chi connectivity index (χ0v) is 16.0. The van der Waals surface area contributed by atoms with E-state index in [1.807, 2.05) is 31.5 Å². The van der Waals surface area contributed by atoms with Crippen LogP contribution in [0.2, 0.25) is 0 Å². The highest BCUT2D eigenvalue weighted by molar-refractivity contribution is 5.75. The lowest BCUT2D eigenvalue weighted by atomic mass is 9.84. The molecule has 3 rings (SSSR count). The molecule has 26 heavy (non-hydrogen) atoms. The van der Waals surface area contributed by atoms with E-state index in [1.165, 1.54) is 5.69 Å². The average Bonchev–Trinajstić information content (AvgIpc) is 3.05. The van der Waals surface area contributed by atoms with E-state index < -0.39 is 0 Å². The SMILES string of the molecule is CCC(=O)NCCn1cnc(-c2ccccc2)c1C1CCOC(C)(C)C1. The Labute approximate surface area is 155 Å². The van der Waals surface area contributed by atoms with Crippen molar-refractivity contribution in [3.05, 3.63) is 42.4 Å². The number of imidazole rings is 1. The summed E-state index contributed by atoms with van der Waals surface area (Å²) in [5.41, 5.74) is 3.33. The van der Waals surface area contributed by atoms with Crippen LogP contribution in [0.4, 0.5) is 0 Å². The van der Waals surface area contributed by atoms with Crippen LogP contribution in [0.5, 0.6) is 0 Å². The second kappa shape index (κ2) is 8.04. The number of carbonyl (C=O) groups is 1. The van der Waals surface area contributed by atoms with Gasteiger partial charge in [0.25, 0.3) is 0 Å². The molecular weight excluding hydrogens is 326 g/mol. The molecule has 2 aromatic rings. The fourth-order valence-corrected chi connectivity index (χ4v) is 3.72. The minimum absolute atomic E-state index is 0.0853. The zero-order chi connectivity index (χ0) is 18.6. The highest BCUT2D eigenvalue weighted by Gasteiger charge is 2.33. The van der Waals surface area contributed by atoms with Gasteiger partial charge in [-0.15, -0.1) is 0 Å². The number of nitrogens with zero attached hydrogens (tertiary/aromatic N) is 2. The molecule has 1 aliphatic heterocycles. The number of hydrogen-bond acceptors (Lipinski definition) is 3. The predicted octanol–water partition coefficient (Wildman–Crippen LogP) is 3.75. The highest BCUT2D eigenvalue weighted by Crippen LogP contribution is 2.39. The monoisotopic (exact) mass is 355 g/mol. The molecule has 0 bridgehead atoms. The van der Waals surface area contributed by atoms with Gasteiger partial charge in [-0.1, -0.05) is 37.3 Å². The van der Waals surface area contributed by atoms with Gasteiger partial charge in [-0.3, -0.25) is 4.79 Å². The van der Waals surface area contributed by atoms with Gasteiger partial charge in [0.2, 0.25) is 5.91 Å². The van der Waals surface area contributed by atoms with Crippen LogP contribution in [0.25, 0.3) is 11.3 Å². The van der Waals surface area contributed by atoms with Crippen LogP contribution >= 0.6 is 0 Å². The lowest BCUT2D eigenvalue weighted by molar-refractivity contribution is -0.120. The molecule has 0 aliphatic carbocycles. The van der Waals surface area contributed by atoms with E-state index in [0.717, 1.165) is 37.3 Å². The lowest BCUT2D eigenvalue weighted by Gasteiger charge is -2.36. The van der Waals surface area contributed by atoms with Gasteiger partial charge in [0.05, 0.1) is 17.6 Å². The van der Waals surface area contributed by atoms with Crippen LogP contribution in [0, 0.1) is 0 Å². The third kappa shape index (κ3) is 4.33. The van der Waals surface area contributed by atoms with Crippen LogP contribution in [-0.2, 0) is 16.1 Å². The van der Waals surface area contributed by atoms with E-state index in [-0.39, 0.29) is 11.5 Å². The fourth-order valence-electron chi connectivity index (χ4n) is 3.72. The molecule has 1 amide bonds. The molecule has 5 heteroatoms. The molecule has 0 saturated carbocycles. The van der Waals surface area contributed by atoms with Gasteiger partial charge in [-0.05, 0) is 26.7 Å². The van der Waals surface area contributed by atoms with E-state index in [0.29, 0.717) is 18.9 Å². The van der Waals surface area contributed by atoms with Crippen LogP contribution < -0.4 is 5.32 Å². The number of amides is 1. The van der Waals surface area contributed by atoms with Crippen LogP contribution in [-0.4, -0.2) is 34.2 Å². The normalized spacial score (nSPS) is 19.3. The standard InChI is InChI=1S/C21H29N3O2/c1-4-18(25)22-11-12-24-15-23-19(16-8-6-5-7-9-16)20(24)17-10-13-26-21(2,3)14-17/h5-9,15,17H,4,10-14H2,1-3H3,(H,22,25). The zero-order valence-electron chi connectivity index (χ0n) is 16.0. The van der Waals surface area contributed by atoms with E-state index >= 15 is 0 Å². The summed E-state index contributed by atoms with van der Waals surface area (Å²) in [6.07, 6.45) is 4.40. The summed E-state index contributed by atoms with van der Waals surface area (Å²) in [6.45, 7) is 8.31. The third-order valence-electron chi connectivity index (χ3n) is 5.01. The summed E-state index contributed by atoms with van der Waals surface area (Å²) in [5.74, 6) is 0.487. The largest absolute Gasteiger partial charge is 0.376 e. The molecule has 140 valence electrons. The summed E-state index contributed by atoms with van der Waals surface area (Å²) in [6, 6.07) is 10.3. The van der Waals surface area contributed by atoms with Gasteiger partial charge in [0.15, 0.2) is 0 Å². The van der Waals surface area contributed by atoms with Crippen molar-refractivity contribution in [1.29, 1.82) is 0 Å². The number of hydrogen-bond donors (Lipinski definition) is 1. The van der Waals surface area contributed by atoms with Gasteiger partial charge < -0.3 is 14.6 Å². The van der Waals surface area contributed by atoms with Crippen LogP contribution in [0.3, 0.4) is 0 Å². The smallest absolute Gasteiger partial charge is 0.219 e. The molecule has 5 nitrogen and oxygen atoms in total. The van der Waals surface area contributed by atoms with Gasteiger partial charge in [0.1, 0.15) is 0 Å². The maximum Gasteiger partial charge on any atom is 0.219 e.